The van der Waals surface area contributed by atoms with Crippen LogP contribution in [0.1, 0.15) is 6.42 Å². The van der Waals surface area contributed by atoms with Crippen LogP contribution in [-0.2, 0) is 19.1 Å². The molecule has 9 nitrogen and oxygen atoms in total. The largest absolute Gasteiger partial charge is 1.00 e. The quantitative estimate of drug-likeness (QED) is 0.383. The number of carbonyl (C=O) groups is 4. The van der Waals surface area contributed by atoms with Gasteiger partial charge in [-0.15, -0.1) is 0 Å². The first kappa shape index (κ1) is 20.5. The van der Waals surface area contributed by atoms with E-state index in [9.17, 15) is 37.5 Å². The van der Waals surface area contributed by atoms with Gasteiger partial charge in [-0.1, -0.05) is 0 Å². The number of aliphatic carboxylic acids is 1. The van der Waals surface area contributed by atoms with Crippen LogP contribution in [0.25, 0.3) is 0 Å². The van der Waals surface area contributed by atoms with Gasteiger partial charge in [0.05, 0.1) is 17.7 Å². The molecule has 3 aliphatic heterocycles. The fraction of sp³-hybridized carbons (Fsp3) is 0.538. The number of ether oxygens (including phenoxy) is 1. The predicted octanol–water partition coefficient (Wildman–Crippen LogP) is -4.91. The maximum absolute atomic E-state index is 12.7. The molecule has 0 aromatic heterocycles. The first-order chi connectivity index (χ1) is 11.6. The number of hydrogen-bond donors (Lipinski definition) is 1. The molecule has 0 radical (unpaired) electrons. The number of carbonyl (C=O) groups excluding carboxylic acids is 4. The van der Waals surface area contributed by atoms with Gasteiger partial charge in [0.25, 0.3) is 5.91 Å². The number of nitrogens with zero attached hydrogens (tertiary/aromatic N) is 2. The molecule has 2 fully saturated rings. The van der Waals surface area contributed by atoms with Gasteiger partial charge >= 0.3 is 47.7 Å². The summed E-state index contributed by atoms with van der Waals surface area (Å²) < 4.78 is 42.6. The van der Waals surface area contributed by atoms with Crippen LogP contribution >= 0.6 is 0 Å². The molecule has 0 aromatic rings. The Labute approximate surface area is 166 Å². The Morgan fingerprint density at radius 1 is 1.31 bits per heavy atom. The minimum absolute atomic E-state index is 0. The number of nitrogens with two attached hydrogens (primary N) is 1. The molecule has 3 heterocycles. The molecule has 0 aliphatic carbocycles. The normalized spacial score (nSPS) is 26.7. The molecule has 3 amide bonds. The summed E-state index contributed by atoms with van der Waals surface area (Å²) in [7, 11) is 0. The fourth-order valence-electron chi connectivity index (χ4n) is 3.71. The first-order valence-electron chi connectivity index (χ1n) is 7.13. The molecule has 0 spiro atoms. The van der Waals surface area contributed by atoms with Gasteiger partial charge in [-0.05, 0) is 12.0 Å². The Morgan fingerprint density at radius 2 is 1.92 bits per heavy atom. The number of piperidine rings is 1. The molecule has 0 saturated carbocycles. The Bertz CT molecular complexity index is 724. The molecule has 13 heteroatoms. The van der Waals surface area contributed by atoms with Gasteiger partial charge in [0.2, 0.25) is 0 Å². The number of β-lactam (4-membered cyclic amide) rings is 1. The van der Waals surface area contributed by atoms with E-state index in [0.29, 0.717) is 4.90 Å². The SMILES string of the molecule is NC(=O)OCC1=C(C(=O)[O-])N2C(=O)[C@@H]3[C@H]2C1CCN3C(=O)C(F)(F)F.[Na+]. The maximum atomic E-state index is 12.7. The van der Waals surface area contributed by atoms with E-state index in [1.54, 1.807) is 0 Å². The summed E-state index contributed by atoms with van der Waals surface area (Å²) in [6, 6.07) is -2.36. The monoisotopic (exact) mass is 385 g/mol. The summed E-state index contributed by atoms with van der Waals surface area (Å²) in [5, 5.41) is 11.4. The van der Waals surface area contributed by atoms with Crippen molar-refractivity contribution >= 4 is 23.9 Å². The van der Waals surface area contributed by atoms with Crippen molar-refractivity contribution in [1.29, 1.82) is 0 Å². The second-order valence-electron chi connectivity index (χ2n) is 5.80. The summed E-state index contributed by atoms with van der Waals surface area (Å²) in [6.45, 7) is -0.909. The zero-order valence-corrected chi connectivity index (χ0v) is 15.4. The van der Waals surface area contributed by atoms with Crippen molar-refractivity contribution < 1.29 is 71.8 Å². The average molecular weight is 385 g/mol. The number of halogens is 3. The third kappa shape index (κ3) is 2.95. The molecular weight excluding hydrogens is 374 g/mol. The summed E-state index contributed by atoms with van der Waals surface area (Å²) in [5.74, 6) is -5.48. The first-order valence-corrected chi connectivity index (χ1v) is 7.13. The number of alkyl halides is 3. The van der Waals surface area contributed by atoms with E-state index >= 15 is 0 Å². The molecule has 3 aliphatic rings. The van der Waals surface area contributed by atoms with Crippen molar-refractivity contribution in [3.8, 4) is 0 Å². The van der Waals surface area contributed by atoms with Crippen molar-refractivity contribution in [2.45, 2.75) is 24.7 Å². The molecule has 0 aromatic carbocycles. The smallest absolute Gasteiger partial charge is 0.543 e. The minimum atomic E-state index is -5.14. The second kappa shape index (κ2) is 6.74. The molecule has 2 saturated heterocycles. The van der Waals surface area contributed by atoms with Crippen LogP contribution in [0, 0.1) is 5.92 Å². The number of carboxylic acid groups (broad SMARTS) is 1. The van der Waals surface area contributed by atoms with E-state index in [-0.39, 0.29) is 48.1 Å². The molecule has 3 atom stereocenters. The Morgan fingerprint density at radius 3 is 2.42 bits per heavy atom. The Hall–Kier alpha value is -1.79. The zero-order chi connectivity index (χ0) is 18.7. The third-order valence-corrected chi connectivity index (χ3v) is 4.60. The van der Waals surface area contributed by atoms with Crippen molar-refractivity contribution in [2.75, 3.05) is 13.2 Å². The summed E-state index contributed by atoms with van der Waals surface area (Å²) >= 11 is 0. The Kier molecular flexibility index (Phi) is 5.32. The Balaban J connectivity index is 0.00000243. The number of amides is 3. The van der Waals surface area contributed by atoms with Crippen LogP contribution in [0.2, 0.25) is 0 Å². The van der Waals surface area contributed by atoms with E-state index in [4.69, 9.17) is 5.73 Å². The van der Waals surface area contributed by atoms with Crippen molar-refractivity contribution in [2.24, 2.45) is 11.7 Å². The number of rotatable bonds is 3. The topological polar surface area (TPSA) is 133 Å². The van der Waals surface area contributed by atoms with Gasteiger partial charge in [-0.2, -0.15) is 13.2 Å². The number of primary amides is 1. The van der Waals surface area contributed by atoms with Crippen LogP contribution in [0.3, 0.4) is 0 Å². The standard InChI is InChI=1S/C13H12F3N3O6.Na/c14-13(15,16)11(23)18-2-1-4-5(3-25-12(17)24)7(10(21)22)19-6(4)8(18)9(19)20;/h4,6,8H,1-3H2,(H2,17,24)(H,21,22);/q;+1/p-1/t4?,6-,8+;/m1./s1. The fourth-order valence-corrected chi connectivity index (χ4v) is 3.71. The predicted molar refractivity (Wildman–Crippen MR) is 67.9 cm³/mol. The number of carboxylic acids is 1. The van der Waals surface area contributed by atoms with Gasteiger partial charge in [-0.25, -0.2) is 4.79 Å². The molecule has 26 heavy (non-hydrogen) atoms. The van der Waals surface area contributed by atoms with Crippen molar-refractivity contribution in [1.82, 2.24) is 9.80 Å². The van der Waals surface area contributed by atoms with Crippen LogP contribution in [0.15, 0.2) is 11.3 Å². The van der Waals surface area contributed by atoms with Gasteiger partial charge in [0.1, 0.15) is 12.6 Å². The molecule has 1 unspecified atom stereocenters. The van der Waals surface area contributed by atoms with E-state index < -0.39 is 60.4 Å². The van der Waals surface area contributed by atoms with Crippen molar-refractivity contribution in [3.05, 3.63) is 11.3 Å². The maximum Gasteiger partial charge on any atom is 1.00 e. The van der Waals surface area contributed by atoms with Crippen LogP contribution in [0.4, 0.5) is 18.0 Å². The van der Waals surface area contributed by atoms with E-state index in [0.717, 1.165) is 4.90 Å². The number of likely N-dealkylation sites (tertiary alicyclic amines) is 1. The summed E-state index contributed by atoms with van der Waals surface area (Å²) in [4.78, 5) is 47.0. The second-order valence-corrected chi connectivity index (χ2v) is 5.80. The number of hydrogen-bond acceptors (Lipinski definition) is 6. The zero-order valence-electron chi connectivity index (χ0n) is 13.4. The van der Waals surface area contributed by atoms with Gasteiger partial charge in [0.15, 0.2) is 0 Å². The van der Waals surface area contributed by atoms with Crippen LogP contribution in [0.5, 0.6) is 0 Å². The van der Waals surface area contributed by atoms with Crippen LogP contribution < -0.4 is 40.4 Å². The van der Waals surface area contributed by atoms with E-state index in [2.05, 4.69) is 4.74 Å². The van der Waals surface area contributed by atoms with Gasteiger partial charge in [-0.3, -0.25) is 9.59 Å². The summed E-state index contributed by atoms with van der Waals surface area (Å²) in [6.07, 6.45) is -6.35. The van der Waals surface area contributed by atoms with E-state index in [1.165, 1.54) is 0 Å². The minimum Gasteiger partial charge on any atom is -0.543 e. The van der Waals surface area contributed by atoms with Gasteiger partial charge < -0.3 is 30.2 Å². The molecule has 0 bridgehead atoms. The molecular formula is C13H11F3N3NaO6. The van der Waals surface area contributed by atoms with Crippen LogP contribution in [-0.4, -0.2) is 65.1 Å². The molecule has 3 rings (SSSR count). The third-order valence-electron chi connectivity index (χ3n) is 4.60. The average Bonchev–Trinajstić information content (AvgIpc) is 2.82. The van der Waals surface area contributed by atoms with E-state index in [1.807, 2.05) is 0 Å². The molecule has 2 N–H and O–H groups in total. The summed E-state index contributed by atoms with van der Waals surface area (Å²) in [5.41, 5.74) is 4.33. The molecule has 136 valence electrons. The van der Waals surface area contributed by atoms with Gasteiger partial charge in [0, 0.05) is 12.5 Å². The van der Waals surface area contributed by atoms with Crippen molar-refractivity contribution in [3.63, 3.8) is 0 Å².